The van der Waals surface area contributed by atoms with E-state index in [4.69, 9.17) is 14.0 Å². The van der Waals surface area contributed by atoms with E-state index in [1.165, 1.54) is 18.7 Å². The van der Waals surface area contributed by atoms with E-state index in [9.17, 15) is 4.79 Å². The SMILES string of the molecule is O=C(O)c1coc(CNCCc2ncno2)c1. The van der Waals surface area contributed by atoms with Crippen LogP contribution >= 0.6 is 0 Å². The van der Waals surface area contributed by atoms with Gasteiger partial charge in [-0.25, -0.2) is 4.79 Å². The Morgan fingerprint density at radius 3 is 3.06 bits per heavy atom. The second kappa shape index (κ2) is 5.26. The second-order valence-corrected chi connectivity index (χ2v) is 3.37. The Morgan fingerprint density at radius 1 is 1.53 bits per heavy atom. The van der Waals surface area contributed by atoms with Crippen LogP contribution in [-0.4, -0.2) is 27.8 Å². The zero-order chi connectivity index (χ0) is 12.1. The van der Waals surface area contributed by atoms with Gasteiger partial charge in [0.05, 0.1) is 12.1 Å². The monoisotopic (exact) mass is 237 g/mol. The standard InChI is InChI=1S/C10H11N3O4/c14-10(15)7-3-8(16-5-7)4-11-2-1-9-12-6-13-17-9/h3,5-6,11H,1-2,4H2,(H,14,15). The molecular formula is C10H11N3O4. The van der Waals surface area contributed by atoms with Crippen molar-refractivity contribution < 1.29 is 18.8 Å². The van der Waals surface area contributed by atoms with Crippen molar-refractivity contribution in [2.75, 3.05) is 6.54 Å². The number of nitrogens with one attached hydrogen (secondary N) is 1. The fraction of sp³-hybridized carbons (Fsp3) is 0.300. The maximum absolute atomic E-state index is 10.6. The Morgan fingerprint density at radius 2 is 2.41 bits per heavy atom. The molecule has 0 aromatic carbocycles. The molecule has 17 heavy (non-hydrogen) atoms. The van der Waals surface area contributed by atoms with Gasteiger partial charge in [-0.2, -0.15) is 4.98 Å². The lowest BCUT2D eigenvalue weighted by molar-refractivity contribution is 0.0696. The molecule has 0 unspecified atom stereocenters. The van der Waals surface area contributed by atoms with E-state index in [0.29, 0.717) is 31.2 Å². The van der Waals surface area contributed by atoms with Gasteiger partial charge < -0.3 is 19.4 Å². The first-order valence-corrected chi connectivity index (χ1v) is 5.02. The van der Waals surface area contributed by atoms with Crippen LogP contribution in [0.25, 0.3) is 0 Å². The lowest BCUT2D eigenvalue weighted by Crippen LogP contribution is -2.16. The summed E-state index contributed by atoms with van der Waals surface area (Å²) in [6, 6.07) is 1.49. The molecule has 0 aliphatic heterocycles. The molecule has 90 valence electrons. The maximum Gasteiger partial charge on any atom is 0.338 e. The maximum atomic E-state index is 10.6. The van der Waals surface area contributed by atoms with Crippen molar-refractivity contribution >= 4 is 5.97 Å². The van der Waals surface area contributed by atoms with E-state index >= 15 is 0 Å². The predicted molar refractivity (Wildman–Crippen MR) is 55.4 cm³/mol. The lowest BCUT2D eigenvalue weighted by Gasteiger charge is -1.98. The van der Waals surface area contributed by atoms with Gasteiger partial charge in [-0.05, 0) is 6.07 Å². The van der Waals surface area contributed by atoms with Gasteiger partial charge in [0.1, 0.15) is 12.0 Å². The summed E-state index contributed by atoms with van der Waals surface area (Å²) in [5.41, 5.74) is 0.152. The highest BCUT2D eigenvalue weighted by Gasteiger charge is 2.07. The number of hydrogen-bond acceptors (Lipinski definition) is 6. The molecule has 0 bridgehead atoms. The number of furan rings is 1. The molecule has 0 atom stereocenters. The van der Waals surface area contributed by atoms with Gasteiger partial charge in [0.25, 0.3) is 0 Å². The molecule has 0 fully saturated rings. The lowest BCUT2D eigenvalue weighted by atomic mass is 10.3. The average molecular weight is 237 g/mol. The van der Waals surface area contributed by atoms with Crippen LogP contribution in [0.3, 0.4) is 0 Å². The Bertz CT molecular complexity index is 477. The number of aromatic carboxylic acids is 1. The first-order valence-electron chi connectivity index (χ1n) is 5.02. The van der Waals surface area contributed by atoms with E-state index in [2.05, 4.69) is 15.5 Å². The molecule has 2 aromatic rings. The highest BCUT2D eigenvalue weighted by atomic mass is 16.5. The van der Waals surface area contributed by atoms with Crippen LogP contribution < -0.4 is 5.32 Å². The molecule has 0 saturated heterocycles. The van der Waals surface area contributed by atoms with Gasteiger partial charge in [0, 0.05) is 13.0 Å². The summed E-state index contributed by atoms with van der Waals surface area (Å²) in [5.74, 6) is 0.141. The molecule has 7 nitrogen and oxygen atoms in total. The molecule has 7 heteroatoms. The topological polar surface area (TPSA) is 101 Å². The van der Waals surface area contributed by atoms with Gasteiger partial charge in [-0.15, -0.1) is 0 Å². The van der Waals surface area contributed by atoms with Crippen LogP contribution in [-0.2, 0) is 13.0 Å². The summed E-state index contributed by atoms with van der Waals surface area (Å²) in [5, 5.41) is 15.2. The fourth-order valence-electron chi connectivity index (χ4n) is 1.30. The van der Waals surface area contributed by atoms with Gasteiger partial charge in [0.15, 0.2) is 6.33 Å². The van der Waals surface area contributed by atoms with Crippen molar-refractivity contribution in [3.05, 3.63) is 35.9 Å². The van der Waals surface area contributed by atoms with Crippen LogP contribution in [0.2, 0.25) is 0 Å². The first-order chi connectivity index (χ1) is 8.25. The number of aromatic nitrogens is 2. The third-order valence-electron chi connectivity index (χ3n) is 2.12. The molecule has 0 aliphatic carbocycles. The van der Waals surface area contributed by atoms with Gasteiger partial charge >= 0.3 is 5.97 Å². The minimum Gasteiger partial charge on any atom is -0.478 e. The van der Waals surface area contributed by atoms with Gasteiger partial charge in [0.2, 0.25) is 5.89 Å². The number of carbonyl (C=O) groups is 1. The van der Waals surface area contributed by atoms with E-state index in [-0.39, 0.29) is 5.56 Å². The van der Waals surface area contributed by atoms with Crippen LogP contribution in [0.15, 0.2) is 27.6 Å². The van der Waals surface area contributed by atoms with E-state index in [1.807, 2.05) is 0 Å². The predicted octanol–water partition coefficient (Wildman–Crippen LogP) is 0.693. The summed E-state index contributed by atoms with van der Waals surface area (Å²) < 4.78 is 9.89. The first kappa shape index (κ1) is 11.3. The van der Waals surface area contributed by atoms with Crippen molar-refractivity contribution in [3.63, 3.8) is 0 Å². The molecule has 2 N–H and O–H groups in total. The second-order valence-electron chi connectivity index (χ2n) is 3.37. The summed E-state index contributed by atoms with van der Waals surface area (Å²) in [6.45, 7) is 1.10. The zero-order valence-electron chi connectivity index (χ0n) is 8.92. The van der Waals surface area contributed by atoms with Crippen LogP contribution in [0.4, 0.5) is 0 Å². The third kappa shape index (κ3) is 3.15. The number of carboxylic acids is 1. The molecule has 2 aromatic heterocycles. The minimum atomic E-state index is -0.995. The van der Waals surface area contributed by atoms with E-state index in [0.717, 1.165) is 0 Å². The molecule has 0 radical (unpaired) electrons. The fourth-order valence-corrected chi connectivity index (χ4v) is 1.30. The molecular weight excluding hydrogens is 226 g/mol. The Labute approximate surface area is 96.4 Å². The van der Waals surface area contributed by atoms with Crippen molar-refractivity contribution in [1.29, 1.82) is 0 Å². The molecule has 0 amide bonds. The minimum absolute atomic E-state index is 0.152. The van der Waals surface area contributed by atoms with E-state index in [1.54, 1.807) is 0 Å². The largest absolute Gasteiger partial charge is 0.478 e. The number of carboxylic acid groups (broad SMARTS) is 1. The highest BCUT2D eigenvalue weighted by Crippen LogP contribution is 2.07. The van der Waals surface area contributed by atoms with Crippen molar-refractivity contribution in [2.45, 2.75) is 13.0 Å². The van der Waals surface area contributed by atoms with Crippen molar-refractivity contribution in [3.8, 4) is 0 Å². The van der Waals surface area contributed by atoms with Crippen molar-refractivity contribution in [2.24, 2.45) is 0 Å². The molecule has 2 heterocycles. The summed E-state index contributed by atoms with van der Waals surface area (Å²) in [4.78, 5) is 14.5. The Kier molecular flexibility index (Phi) is 3.51. The average Bonchev–Trinajstić information content (AvgIpc) is 2.96. The normalized spacial score (nSPS) is 10.6. The highest BCUT2D eigenvalue weighted by molar-refractivity contribution is 5.87. The molecule has 0 aliphatic rings. The molecule has 0 saturated carbocycles. The Hall–Kier alpha value is -2.15. The summed E-state index contributed by atoms with van der Waals surface area (Å²) in [7, 11) is 0. The Balaban J connectivity index is 1.72. The van der Waals surface area contributed by atoms with E-state index < -0.39 is 5.97 Å². The number of hydrogen-bond donors (Lipinski definition) is 2. The van der Waals surface area contributed by atoms with Crippen LogP contribution in [0.5, 0.6) is 0 Å². The van der Waals surface area contributed by atoms with Crippen molar-refractivity contribution in [1.82, 2.24) is 15.5 Å². The molecule has 2 rings (SSSR count). The number of rotatable bonds is 6. The quantitative estimate of drug-likeness (QED) is 0.712. The van der Waals surface area contributed by atoms with Gasteiger partial charge in [-0.3, -0.25) is 0 Å². The molecule has 0 spiro atoms. The van der Waals surface area contributed by atoms with Crippen LogP contribution in [0.1, 0.15) is 22.0 Å². The third-order valence-corrected chi connectivity index (χ3v) is 2.12. The smallest absolute Gasteiger partial charge is 0.338 e. The van der Waals surface area contributed by atoms with Crippen LogP contribution in [0, 0.1) is 0 Å². The summed E-state index contributed by atoms with van der Waals surface area (Å²) in [6.07, 6.45) is 3.19. The summed E-state index contributed by atoms with van der Waals surface area (Å²) >= 11 is 0. The number of nitrogens with zero attached hydrogens (tertiary/aromatic N) is 2. The van der Waals surface area contributed by atoms with Gasteiger partial charge in [-0.1, -0.05) is 5.16 Å². The zero-order valence-corrected chi connectivity index (χ0v) is 8.92.